The van der Waals surface area contributed by atoms with Crippen LogP contribution in [0.15, 0.2) is 0 Å². The molecule has 0 aliphatic carbocycles. The molecular formula is C18H32N2O6. The third-order valence-corrected chi connectivity index (χ3v) is 3.95. The number of aliphatic carboxylic acids is 2. The highest BCUT2D eigenvalue weighted by molar-refractivity contribution is 5.88. The van der Waals surface area contributed by atoms with Crippen LogP contribution in [0.4, 0.5) is 0 Å². The molecule has 0 saturated carbocycles. The van der Waals surface area contributed by atoms with Gasteiger partial charge < -0.3 is 20.8 Å². The van der Waals surface area contributed by atoms with Crippen LogP contribution in [0, 0.1) is 11.8 Å². The molecule has 4 N–H and O–H groups in total. The molecule has 0 rings (SSSR count). The van der Waals surface area contributed by atoms with Crippen molar-refractivity contribution in [1.82, 2.24) is 10.6 Å². The Balaban J connectivity index is 4.18. The average molecular weight is 372 g/mol. The molecule has 0 saturated heterocycles. The Morgan fingerprint density at radius 1 is 0.885 bits per heavy atom. The molecule has 150 valence electrons. The van der Waals surface area contributed by atoms with E-state index in [1.54, 1.807) is 13.8 Å². The van der Waals surface area contributed by atoms with Crippen LogP contribution in [0.25, 0.3) is 0 Å². The monoisotopic (exact) mass is 372 g/mol. The predicted octanol–water partition coefficient (Wildman–Crippen LogP) is 1.43. The van der Waals surface area contributed by atoms with E-state index in [0.717, 1.165) is 0 Å². The lowest BCUT2D eigenvalue weighted by atomic mass is 9.93. The van der Waals surface area contributed by atoms with Crippen LogP contribution in [0.1, 0.15) is 59.8 Å². The van der Waals surface area contributed by atoms with E-state index in [4.69, 9.17) is 10.2 Å². The van der Waals surface area contributed by atoms with Gasteiger partial charge in [0, 0.05) is 31.3 Å². The van der Waals surface area contributed by atoms with Crippen molar-refractivity contribution < 1.29 is 29.4 Å². The molecule has 0 spiro atoms. The van der Waals surface area contributed by atoms with Gasteiger partial charge in [-0.15, -0.1) is 0 Å². The number of unbranched alkanes of at least 4 members (excludes halogenated alkanes) is 1. The molecule has 8 nitrogen and oxygen atoms in total. The highest BCUT2D eigenvalue weighted by Crippen LogP contribution is 2.13. The van der Waals surface area contributed by atoms with E-state index in [1.165, 1.54) is 0 Å². The fourth-order valence-corrected chi connectivity index (χ4v) is 2.40. The van der Waals surface area contributed by atoms with Gasteiger partial charge in [0.2, 0.25) is 5.91 Å². The Labute approximate surface area is 154 Å². The highest BCUT2D eigenvalue weighted by atomic mass is 16.4. The Hall–Kier alpha value is -1.96. The van der Waals surface area contributed by atoms with Crippen molar-refractivity contribution in [1.29, 1.82) is 0 Å². The van der Waals surface area contributed by atoms with Gasteiger partial charge in [0.15, 0.2) is 0 Å². The quantitative estimate of drug-likeness (QED) is 0.339. The second-order valence-electron chi connectivity index (χ2n) is 7.12. The van der Waals surface area contributed by atoms with E-state index in [1.807, 2.05) is 13.8 Å². The zero-order valence-electron chi connectivity index (χ0n) is 16.1. The maximum atomic E-state index is 11.9. The first-order valence-corrected chi connectivity index (χ1v) is 9.05. The third kappa shape index (κ3) is 10.8. The topological polar surface area (TPSA) is 133 Å². The van der Waals surface area contributed by atoms with E-state index < -0.39 is 29.8 Å². The van der Waals surface area contributed by atoms with Crippen molar-refractivity contribution in [2.75, 3.05) is 6.54 Å². The van der Waals surface area contributed by atoms with Crippen molar-refractivity contribution in [2.45, 2.75) is 71.9 Å². The molecule has 0 aromatic heterocycles. The molecule has 0 aromatic carbocycles. The average Bonchev–Trinajstić information content (AvgIpc) is 2.51. The van der Waals surface area contributed by atoms with Crippen LogP contribution < -0.4 is 10.6 Å². The molecule has 26 heavy (non-hydrogen) atoms. The summed E-state index contributed by atoms with van der Waals surface area (Å²) in [5.41, 5.74) is 0. The van der Waals surface area contributed by atoms with Crippen LogP contribution in [0.2, 0.25) is 0 Å². The number of hydrogen-bond acceptors (Lipinski definition) is 5. The number of Topliss-reactive ketones (excluding diaryl/α,β-unsaturated/α-hetero) is 1. The van der Waals surface area contributed by atoms with Crippen LogP contribution in [-0.4, -0.2) is 52.5 Å². The fourth-order valence-electron chi connectivity index (χ4n) is 2.40. The Kier molecular flexibility index (Phi) is 11.5. The number of rotatable bonds is 14. The molecule has 1 amide bonds. The molecule has 0 aromatic rings. The van der Waals surface area contributed by atoms with Crippen LogP contribution in [-0.2, 0) is 19.2 Å². The molecule has 0 heterocycles. The summed E-state index contributed by atoms with van der Waals surface area (Å²) in [6.45, 7) is 7.48. The predicted molar refractivity (Wildman–Crippen MR) is 96.8 cm³/mol. The van der Waals surface area contributed by atoms with Crippen molar-refractivity contribution >= 4 is 23.6 Å². The molecule has 0 aliphatic rings. The summed E-state index contributed by atoms with van der Waals surface area (Å²) in [4.78, 5) is 45.9. The van der Waals surface area contributed by atoms with Crippen LogP contribution in [0.3, 0.4) is 0 Å². The van der Waals surface area contributed by atoms with Crippen molar-refractivity contribution in [3.8, 4) is 0 Å². The van der Waals surface area contributed by atoms with Gasteiger partial charge in [-0.05, 0) is 19.3 Å². The van der Waals surface area contributed by atoms with Crippen LogP contribution >= 0.6 is 0 Å². The number of amides is 1. The molecule has 2 unspecified atom stereocenters. The second kappa shape index (κ2) is 12.4. The molecule has 0 aliphatic heterocycles. The minimum atomic E-state index is -1.15. The summed E-state index contributed by atoms with van der Waals surface area (Å²) >= 11 is 0. The highest BCUT2D eigenvalue weighted by Gasteiger charge is 2.25. The number of carbonyl (C=O) groups excluding carboxylic acids is 2. The van der Waals surface area contributed by atoms with E-state index in [2.05, 4.69) is 10.6 Å². The maximum Gasteiger partial charge on any atom is 0.320 e. The van der Waals surface area contributed by atoms with Crippen LogP contribution in [0.5, 0.6) is 0 Å². The lowest BCUT2D eigenvalue weighted by Crippen LogP contribution is -2.40. The molecule has 0 radical (unpaired) electrons. The van der Waals surface area contributed by atoms with Gasteiger partial charge in [-0.2, -0.15) is 0 Å². The standard InChI is InChI=1S/C18H32N2O6/c1-11(2)15(21)9-13(17(23)24)10-16(22)19-8-6-5-7-14(18(25)26)20-12(3)4/h11-14,20H,5-10H2,1-4H3,(H,19,22)(H,23,24)(H,25,26). The SMILES string of the molecule is CC(C)NC(CCCCNC(=O)CC(CC(=O)C(C)C)C(=O)O)C(=O)O. The number of carboxylic acid groups (broad SMARTS) is 2. The number of nitrogens with one attached hydrogen (secondary N) is 2. The van der Waals surface area contributed by atoms with Gasteiger partial charge in [0.1, 0.15) is 11.8 Å². The van der Waals surface area contributed by atoms with Gasteiger partial charge >= 0.3 is 11.9 Å². The van der Waals surface area contributed by atoms with E-state index >= 15 is 0 Å². The number of carbonyl (C=O) groups is 4. The first kappa shape index (κ1) is 24.0. The third-order valence-electron chi connectivity index (χ3n) is 3.95. The van der Waals surface area contributed by atoms with Crippen molar-refractivity contribution in [3.05, 3.63) is 0 Å². The summed E-state index contributed by atoms with van der Waals surface area (Å²) in [5.74, 6) is -3.93. The number of carboxylic acids is 2. The Morgan fingerprint density at radius 2 is 1.50 bits per heavy atom. The summed E-state index contributed by atoms with van der Waals surface area (Å²) in [6.07, 6.45) is 1.27. The molecule has 0 bridgehead atoms. The summed E-state index contributed by atoms with van der Waals surface area (Å²) in [5, 5.41) is 23.9. The minimum absolute atomic E-state index is 0.0669. The fraction of sp³-hybridized carbons (Fsp3) is 0.778. The van der Waals surface area contributed by atoms with Gasteiger partial charge in [-0.3, -0.25) is 19.2 Å². The summed E-state index contributed by atoms with van der Waals surface area (Å²) in [6, 6.07) is -0.554. The Bertz CT molecular complexity index is 490. The normalized spacial score (nSPS) is 13.5. The summed E-state index contributed by atoms with van der Waals surface area (Å²) in [7, 11) is 0. The van der Waals surface area contributed by atoms with E-state index in [-0.39, 0.29) is 30.6 Å². The Morgan fingerprint density at radius 3 is 1.96 bits per heavy atom. The lowest BCUT2D eigenvalue weighted by molar-refractivity contribution is -0.146. The van der Waals surface area contributed by atoms with Gasteiger partial charge in [-0.1, -0.05) is 27.7 Å². The number of ketones is 1. The first-order valence-electron chi connectivity index (χ1n) is 9.05. The van der Waals surface area contributed by atoms with Crippen molar-refractivity contribution in [3.63, 3.8) is 0 Å². The molecule has 8 heteroatoms. The molecule has 0 fully saturated rings. The smallest absolute Gasteiger partial charge is 0.320 e. The summed E-state index contributed by atoms with van der Waals surface area (Å²) < 4.78 is 0. The van der Waals surface area contributed by atoms with Gasteiger partial charge in [0.05, 0.1) is 5.92 Å². The van der Waals surface area contributed by atoms with Crippen molar-refractivity contribution in [2.24, 2.45) is 11.8 Å². The first-order chi connectivity index (χ1) is 12.0. The zero-order chi connectivity index (χ0) is 20.3. The maximum absolute atomic E-state index is 11.9. The minimum Gasteiger partial charge on any atom is -0.481 e. The van der Waals surface area contributed by atoms with Gasteiger partial charge in [-0.25, -0.2) is 0 Å². The second-order valence-corrected chi connectivity index (χ2v) is 7.12. The number of hydrogen-bond donors (Lipinski definition) is 4. The van der Waals surface area contributed by atoms with E-state index in [0.29, 0.717) is 25.8 Å². The molecule has 2 atom stereocenters. The lowest BCUT2D eigenvalue weighted by Gasteiger charge is -2.17. The van der Waals surface area contributed by atoms with Gasteiger partial charge in [0.25, 0.3) is 0 Å². The van der Waals surface area contributed by atoms with E-state index in [9.17, 15) is 19.2 Å². The molecular weight excluding hydrogens is 340 g/mol. The zero-order valence-corrected chi connectivity index (χ0v) is 16.1. The largest absolute Gasteiger partial charge is 0.481 e.